The maximum Gasteiger partial charge on any atom is 0.129 e. The molecule has 1 heterocycles. The van der Waals surface area contributed by atoms with Crippen molar-refractivity contribution in [3.8, 4) is 0 Å². The molecule has 94 valence electrons. The first-order valence-electron chi connectivity index (χ1n) is 6.48. The smallest absolute Gasteiger partial charge is 0.129 e. The van der Waals surface area contributed by atoms with Crippen molar-refractivity contribution < 1.29 is 0 Å². The van der Waals surface area contributed by atoms with E-state index in [9.17, 15) is 0 Å². The molecule has 2 aromatic rings. The van der Waals surface area contributed by atoms with Gasteiger partial charge in [-0.05, 0) is 43.4 Å². The molecule has 0 saturated heterocycles. The van der Waals surface area contributed by atoms with Gasteiger partial charge in [-0.25, -0.2) is 4.98 Å². The number of halogens is 1. The van der Waals surface area contributed by atoms with Crippen molar-refractivity contribution in [3.63, 3.8) is 0 Å². The van der Waals surface area contributed by atoms with E-state index >= 15 is 0 Å². The Bertz CT molecular complexity index is 563. The summed E-state index contributed by atoms with van der Waals surface area (Å²) in [6.45, 7) is 2.89. The van der Waals surface area contributed by atoms with Crippen molar-refractivity contribution in [2.45, 2.75) is 25.1 Å². The van der Waals surface area contributed by atoms with Gasteiger partial charge in [-0.2, -0.15) is 0 Å². The maximum absolute atomic E-state index is 6.31. The largest absolute Gasteiger partial charge is 0.368 e. The van der Waals surface area contributed by atoms with E-state index in [2.05, 4.69) is 29.4 Å². The maximum atomic E-state index is 6.31. The summed E-state index contributed by atoms with van der Waals surface area (Å²) < 4.78 is 0. The molecule has 1 aromatic heterocycles. The molecule has 1 aliphatic carbocycles. The number of nitrogens with zero attached hydrogens (tertiary/aromatic N) is 1. The second kappa shape index (κ2) is 4.77. The third-order valence-electron chi connectivity index (χ3n) is 3.51. The van der Waals surface area contributed by atoms with Gasteiger partial charge in [0.2, 0.25) is 0 Å². The zero-order chi connectivity index (χ0) is 12.5. The lowest BCUT2D eigenvalue weighted by atomic mass is 10.1. The molecule has 3 heteroatoms. The number of hydrogen-bond donors (Lipinski definition) is 1. The second-order valence-electron chi connectivity index (χ2n) is 5.08. The first-order valence-corrected chi connectivity index (χ1v) is 6.92. The number of fused-ring (bicyclic) bond motifs is 1. The Balaban J connectivity index is 1.80. The molecule has 1 atom stereocenters. The number of hydrogen-bond acceptors (Lipinski definition) is 2. The molecule has 18 heavy (non-hydrogen) atoms. The van der Waals surface area contributed by atoms with Gasteiger partial charge in [-0.1, -0.05) is 18.2 Å². The Kier molecular flexibility index (Phi) is 3.13. The molecule has 1 aliphatic rings. The minimum atomic E-state index is 0.234. The molecule has 2 nitrogen and oxygen atoms in total. The number of aryl methyl sites for hydroxylation is 1. The predicted molar refractivity (Wildman–Crippen MR) is 77.3 cm³/mol. The molecule has 1 aromatic carbocycles. The van der Waals surface area contributed by atoms with Crippen LogP contribution in [0.1, 0.15) is 18.4 Å². The molecule has 0 amide bonds. The van der Waals surface area contributed by atoms with E-state index in [1.165, 1.54) is 23.8 Å². The molecule has 1 unspecified atom stereocenters. The van der Waals surface area contributed by atoms with Crippen LogP contribution in [0, 0.1) is 12.8 Å². The normalized spacial score (nSPS) is 16.8. The fourth-order valence-electron chi connectivity index (χ4n) is 2.22. The van der Waals surface area contributed by atoms with Crippen LogP contribution in [-0.2, 0) is 0 Å². The quantitative estimate of drug-likeness (QED) is 0.842. The average molecular weight is 261 g/mol. The molecule has 1 saturated carbocycles. The van der Waals surface area contributed by atoms with E-state index in [0.717, 1.165) is 17.9 Å². The van der Waals surface area contributed by atoms with Gasteiger partial charge in [-0.3, -0.25) is 0 Å². The van der Waals surface area contributed by atoms with Crippen molar-refractivity contribution in [1.29, 1.82) is 0 Å². The second-order valence-corrected chi connectivity index (χ2v) is 5.64. The van der Waals surface area contributed by atoms with Crippen molar-refractivity contribution in [3.05, 3.63) is 35.9 Å². The first kappa shape index (κ1) is 11.8. The fourth-order valence-corrected chi connectivity index (χ4v) is 2.55. The van der Waals surface area contributed by atoms with Crippen molar-refractivity contribution in [1.82, 2.24) is 4.98 Å². The minimum absolute atomic E-state index is 0.234. The molecule has 1 N–H and O–H groups in total. The van der Waals surface area contributed by atoms with Crippen LogP contribution in [0.4, 0.5) is 5.82 Å². The molecule has 3 rings (SSSR count). The van der Waals surface area contributed by atoms with Gasteiger partial charge >= 0.3 is 0 Å². The summed E-state index contributed by atoms with van der Waals surface area (Å²) in [6.07, 6.45) is 2.56. The molecule has 0 aliphatic heterocycles. The molecular weight excluding hydrogens is 244 g/mol. The first-order chi connectivity index (χ1) is 8.74. The SMILES string of the molecule is Cc1cc2ccccc2nc1NCC(Cl)C1CC1. The van der Waals surface area contributed by atoms with Gasteiger partial charge in [0.15, 0.2) is 0 Å². The Labute approximate surface area is 112 Å². The lowest BCUT2D eigenvalue weighted by Gasteiger charge is -2.13. The van der Waals surface area contributed by atoms with Gasteiger partial charge < -0.3 is 5.32 Å². The molecular formula is C15H17ClN2. The van der Waals surface area contributed by atoms with E-state index in [1.54, 1.807) is 0 Å². The van der Waals surface area contributed by atoms with Crippen LogP contribution in [0.2, 0.25) is 0 Å². The predicted octanol–water partition coefficient (Wildman–Crippen LogP) is 3.97. The lowest BCUT2D eigenvalue weighted by molar-refractivity contribution is 0.768. The van der Waals surface area contributed by atoms with Gasteiger partial charge in [0, 0.05) is 11.9 Å². The van der Waals surface area contributed by atoms with E-state index in [-0.39, 0.29) is 5.38 Å². The van der Waals surface area contributed by atoms with Gasteiger partial charge in [0.05, 0.1) is 10.9 Å². The molecule has 0 bridgehead atoms. The van der Waals surface area contributed by atoms with Crippen LogP contribution in [-0.4, -0.2) is 16.9 Å². The minimum Gasteiger partial charge on any atom is -0.368 e. The standard InChI is InChI=1S/C15H17ClN2/c1-10-8-12-4-2-3-5-14(12)18-15(10)17-9-13(16)11-6-7-11/h2-5,8,11,13H,6-7,9H2,1H3,(H,17,18). The van der Waals surface area contributed by atoms with Gasteiger partial charge in [-0.15, -0.1) is 11.6 Å². The Hall–Kier alpha value is -1.28. The van der Waals surface area contributed by atoms with Crippen LogP contribution in [0.3, 0.4) is 0 Å². The highest BCUT2D eigenvalue weighted by molar-refractivity contribution is 6.21. The zero-order valence-electron chi connectivity index (χ0n) is 10.5. The van der Waals surface area contributed by atoms with E-state index < -0.39 is 0 Å². The van der Waals surface area contributed by atoms with Crippen LogP contribution in [0.15, 0.2) is 30.3 Å². The summed E-state index contributed by atoms with van der Waals surface area (Å²) >= 11 is 6.31. The number of para-hydroxylation sites is 1. The highest BCUT2D eigenvalue weighted by atomic mass is 35.5. The molecule has 1 fully saturated rings. The van der Waals surface area contributed by atoms with Crippen LogP contribution < -0.4 is 5.32 Å². The highest BCUT2D eigenvalue weighted by Crippen LogP contribution is 2.35. The summed E-state index contributed by atoms with van der Waals surface area (Å²) in [5.74, 6) is 1.67. The Morgan fingerprint density at radius 3 is 2.94 bits per heavy atom. The summed E-state index contributed by atoms with van der Waals surface area (Å²) in [6, 6.07) is 10.4. The number of benzene rings is 1. The Morgan fingerprint density at radius 1 is 1.39 bits per heavy atom. The lowest BCUT2D eigenvalue weighted by Crippen LogP contribution is -2.17. The summed E-state index contributed by atoms with van der Waals surface area (Å²) in [4.78, 5) is 4.66. The monoisotopic (exact) mass is 260 g/mol. The topological polar surface area (TPSA) is 24.9 Å². The summed E-state index contributed by atoms with van der Waals surface area (Å²) in [7, 11) is 0. The van der Waals surface area contributed by atoms with E-state index in [4.69, 9.17) is 11.6 Å². The number of pyridine rings is 1. The van der Waals surface area contributed by atoms with Crippen LogP contribution >= 0.6 is 11.6 Å². The number of rotatable bonds is 4. The third-order valence-corrected chi connectivity index (χ3v) is 4.02. The van der Waals surface area contributed by atoms with Crippen molar-refractivity contribution in [2.24, 2.45) is 5.92 Å². The highest BCUT2D eigenvalue weighted by Gasteiger charge is 2.29. The summed E-state index contributed by atoms with van der Waals surface area (Å²) in [5.41, 5.74) is 2.21. The molecule has 0 spiro atoms. The third kappa shape index (κ3) is 2.44. The zero-order valence-corrected chi connectivity index (χ0v) is 11.2. The number of aromatic nitrogens is 1. The van der Waals surface area contributed by atoms with Gasteiger partial charge in [0.1, 0.15) is 5.82 Å². The van der Waals surface area contributed by atoms with Crippen molar-refractivity contribution in [2.75, 3.05) is 11.9 Å². The number of alkyl halides is 1. The number of nitrogens with one attached hydrogen (secondary N) is 1. The van der Waals surface area contributed by atoms with Crippen LogP contribution in [0.25, 0.3) is 10.9 Å². The number of anilines is 1. The average Bonchev–Trinajstić information content (AvgIpc) is 3.20. The fraction of sp³-hybridized carbons (Fsp3) is 0.400. The van der Waals surface area contributed by atoms with Crippen LogP contribution in [0.5, 0.6) is 0 Å². The molecule has 0 radical (unpaired) electrons. The Morgan fingerprint density at radius 2 is 2.17 bits per heavy atom. The van der Waals surface area contributed by atoms with E-state index in [1.807, 2.05) is 18.2 Å². The van der Waals surface area contributed by atoms with E-state index in [0.29, 0.717) is 5.92 Å². The van der Waals surface area contributed by atoms with Crippen molar-refractivity contribution >= 4 is 28.3 Å². The van der Waals surface area contributed by atoms with Gasteiger partial charge in [0.25, 0.3) is 0 Å². The summed E-state index contributed by atoms with van der Waals surface area (Å²) in [5, 5.41) is 4.80.